The van der Waals surface area contributed by atoms with Crippen molar-refractivity contribution in [2.24, 2.45) is 0 Å². The van der Waals surface area contributed by atoms with E-state index in [0.29, 0.717) is 48.1 Å². The molecule has 2 fully saturated rings. The molecule has 1 unspecified atom stereocenters. The monoisotopic (exact) mass is 533 g/mol. The number of carbonyl (C=O) groups excluding carboxylic acids is 1. The second kappa shape index (κ2) is 8.65. The first kappa shape index (κ1) is 23.6. The summed E-state index contributed by atoms with van der Waals surface area (Å²) >= 11 is 7.88. The number of fused-ring (bicyclic) bond motifs is 1. The van der Waals surface area contributed by atoms with Crippen molar-refractivity contribution in [2.45, 2.75) is 43.1 Å². The van der Waals surface area contributed by atoms with Gasteiger partial charge in [-0.15, -0.1) is 8.78 Å². The van der Waals surface area contributed by atoms with Crippen LogP contribution in [0.3, 0.4) is 0 Å². The molecule has 3 aliphatic rings. The molecule has 3 aromatic rings. The predicted molar refractivity (Wildman–Crippen MR) is 130 cm³/mol. The fraction of sp³-hybridized carbons (Fsp3) is 0.360. The van der Waals surface area contributed by atoms with E-state index in [-0.39, 0.29) is 23.4 Å². The molecule has 11 heteroatoms. The van der Waals surface area contributed by atoms with Crippen molar-refractivity contribution in [3.63, 3.8) is 0 Å². The summed E-state index contributed by atoms with van der Waals surface area (Å²) in [6.07, 6.45) is -0.546. The van der Waals surface area contributed by atoms with E-state index < -0.39 is 17.8 Å². The van der Waals surface area contributed by atoms with Crippen LogP contribution in [0.2, 0.25) is 5.02 Å². The van der Waals surface area contributed by atoms with Crippen LogP contribution < -0.4 is 14.8 Å². The zero-order chi connectivity index (χ0) is 25.1. The van der Waals surface area contributed by atoms with Crippen molar-refractivity contribution in [1.82, 2.24) is 9.88 Å². The van der Waals surface area contributed by atoms with Crippen LogP contribution in [-0.4, -0.2) is 46.4 Å². The molecular weight excluding hydrogens is 512 g/mol. The number of aromatic nitrogens is 1. The summed E-state index contributed by atoms with van der Waals surface area (Å²) in [5, 5.41) is 14.1. The number of nitrogens with one attached hydrogen (secondary N) is 1. The summed E-state index contributed by atoms with van der Waals surface area (Å²) < 4.78 is 35.9. The molecule has 1 amide bonds. The number of halogens is 3. The number of nitrogens with zero attached hydrogens (tertiary/aromatic N) is 2. The third-order valence-corrected chi connectivity index (χ3v) is 8.22. The van der Waals surface area contributed by atoms with Gasteiger partial charge < -0.3 is 19.9 Å². The molecule has 3 heterocycles. The highest BCUT2D eigenvalue weighted by Crippen LogP contribution is 2.52. The van der Waals surface area contributed by atoms with Crippen molar-refractivity contribution in [3.05, 3.63) is 69.7 Å². The predicted octanol–water partition coefficient (Wildman–Crippen LogP) is 4.94. The summed E-state index contributed by atoms with van der Waals surface area (Å²) in [6.45, 7) is 1.23. The van der Waals surface area contributed by atoms with Gasteiger partial charge in [0.05, 0.1) is 17.6 Å². The Morgan fingerprint density at radius 2 is 2.00 bits per heavy atom. The van der Waals surface area contributed by atoms with E-state index in [9.17, 15) is 18.7 Å². The van der Waals surface area contributed by atoms with Gasteiger partial charge in [-0.2, -0.15) is 0 Å². The summed E-state index contributed by atoms with van der Waals surface area (Å²) in [4.78, 5) is 20.8. The Labute approximate surface area is 214 Å². The number of β-amino-alcohol motifs (C(OH)–C–C–N with tert-alkyl or cyclic N) is 1. The first-order valence-electron chi connectivity index (χ1n) is 11.6. The van der Waals surface area contributed by atoms with Gasteiger partial charge >= 0.3 is 6.29 Å². The molecule has 1 aromatic heterocycles. The zero-order valence-corrected chi connectivity index (χ0v) is 20.5. The van der Waals surface area contributed by atoms with Gasteiger partial charge in [-0.1, -0.05) is 47.2 Å². The molecule has 2 aromatic carbocycles. The maximum Gasteiger partial charge on any atom is 0.586 e. The number of hydrogen-bond donors (Lipinski definition) is 2. The van der Waals surface area contributed by atoms with Crippen molar-refractivity contribution in [3.8, 4) is 11.5 Å². The number of ether oxygens (including phenoxy) is 2. The molecule has 188 valence electrons. The second-order valence-corrected chi connectivity index (χ2v) is 10.8. The highest BCUT2D eigenvalue weighted by Gasteiger charge is 2.53. The minimum atomic E-state index is -3.71. The number of hydrogen-bond acceptors (Lipinski definition) is 7. The number of aliphatic hydroxyl groups excluding tert-OH is 1. The summed E-state index contributed by atoms with van der Waals surface area (Å²) in [5.41, 5.74) is 0.672. The molecule has 0 spiro atoms. The van der Waals surface area contributed by atoms with Crippen LogP contribution >= 0.6 is 22.9 Å². The topological polar surface area (TPSA) is 83.9 Å². The van der Waals surface area contributed by atoms with Crippen molar-refractivity contribution < 1.29 is 28.2 Å². The Bertz CT molecular complexity index is 1330. The fourth-order valence-electron chi connectivity index (χ4n) is 4.94. The Kier molecular flexibility index (Phi) is 5.67. The number of thiazole rings is 1. The molecule has 2 N–H and O–H groups in total. The van der Waals surface area contributed by atoms with Crippen LogP contribution in [0, 0.1) is 0 Å². The van der Waals surface area contributed by atoms with E-state index in [1.165, 1.54) is 23.5 Å². The lowest BCUT2D eigenvalue weighted by atomic mass is 9.94. The first-order chi connectivity index (χ1) is 17.2. The fourth-order valence-corrected chi connectivity index (χ4v) is 6.14. The lowest BCUT2D eigenvalue weighted by molar-refractivity contribution is -0.286. The minimum Gasteiger partial charge on any atom is -0.395 e. The SMILES string of the molecule is O=C(Nc1ncc(C(c2ccccc2Cl)N2CC[C@@H](O)C2)s1)C1(c2ccc3c(c2)OC(F)(F)O3)CC1. The van der Waals surface area contributed by atoms with E-state index in [0.717, 1.165) is 10.4 Å². The molecule has 7 nitrogen and oxygen atoms in total. The second-order valence-electron chi connectivity index (χ2n) is 9.29. The van der Waals surface area contributed by atoms with Crippen LogP contribution in [0.1, 0.15) is 41.3 Å². The van der Waals surface area contributed by atoms with E-state index in [1.54, 1.807) is 12.3 Å². The van der Waals surface area contributed by atoms with Gasteiger partial charge in [0.1, 0.15) is 0 Å². The molecule has 6 rings (SSSR count). The van der Waals surface area contributed by atoms with E-state index >= 15 is 0 Å². The molecule has 36 heavy (non-hydrogen) atoms. The number of anilines is 1. The van der Waals surface area contributed by atoms with Crippen LogP contribution in [0.5, 0.6) is 11.5 Å². The molecule has 1 aliphatic carbocycles. The van der Waals surface area contributed by atoms with Crippen molar-refractivity contribution >= 4 is 34.0 Å². The number of aliphatic hydroxyl groups is 1. The summed E-state index contributed by atoms with van der Waals surface area (Å²) in [5.74, 6) is -0.384. The third kappa shape index (κ3) is 4.21. The minimum absolute atomic E-state index is 0.0535. The number of rotatable bonds is 6. The van der Waals surface area contributed by atoms with Gasteiger partial charge in [-0.05, 0) is 48.6 Å². The number of carbonyl (C=O) groups is 1. The molecule has 1 saturated carbocycles. The number of benzene rings is 2. The number of likely N-dealkylation sites (tertiary alicyclic amines) is 1. The quantitative estimate of drug-likeness (QED) is 0.467. The lowest BCUT2D eigenvalue weighted by Crippen LogP contribution is -2.28. The van der Waals surface area contributed by atoms with E-state index in [1.807, 2.05) is 24.3 Å². The first-order valence-corrected chi connectivity index (χ1v) is 12.8. The van der Waals surface area contributed by atoms with E-state index in [4.69, 9.17) is 11.6 Å². The van der Waals surface area contributed by atoms with Crippen LogP contribution in [0.15, 0.2) is 48.7 Å². The van der Waals surface area contributed by atoms with Gasteiger partial charge in [0.2, 0.25) is 5.91 Å². The maximum atomic E-state index is 13.4. The standard InChI is InChI=1S/C25H22ClF2N3O4S/c26-17-4-2-1-3-16(17)21(31-10-7-15(32)13-31)20-12-29-23(36-20)30-22(33)24(8-9-24)14-5-6-18-19(11-14)35-25(27,28)34-18/h1-6,11-12,15,21,32H,7-10,13H2,(H,29,30,33)/t15-,21?/m1/s1. The number of amides is 1. The maximum absolute atomic E-state index is 13.4. The summed E-state index contributed by atoms with van der Waals surface area (Å²) in [7, 11) is 0. The van der Waals surface area contributed by atoms with Gasteiger partial charge in [0.15, 0.2) is 16.6 Å². The molecule has 1 saturated heterocycles. The lowest BCUT2D eigenvalue weighted by Gasteiger charge is -2.27. The Morgan fingerprint density at radius 3 is 2.72 bits per heavy atom. The Hall–Kier alpha value is -2.79. The van der Waals surface area contributed by atoms with Gasteiger partial charge in [0, 0.05) is 29.2 Å². The average Bonchev–Trinajstić information content (AvgIpc) is 3.16. The average molecular weight is 534 g/mol. The highest BCUT2D eigenvalue weighted by molar-refractivity contribution is 7.15. The van der Waals surface area contributed by atoms with Crippen molar-refractivity contribution in [2.75, 3.05) is 18.4 Å². The zero-order valence-electron chi connectivity index (χ0n) is 18.9. The van der Waals surface area contributed by atoms with Gasteiger partial charge in [-0.25, -0.2) is 4.98 Å². The Morgan fingerprint density at radius 1 is 1.22 bits per heavy atom. The smallest absolute Gasteiger partial charge is 0.395 e. The third-order valence-electron chi connectivity index (χ3n) is 6.91. The number of alkyl halides is 2. The van der Waals surface area contributed by atoms with Gasteiger partial charge in [0.25, 0.3) is 0 Å². The van der Waals surface area contributed by atoms with Crippen LogP contribution in [0.4, 0.5) is 13.9 Å². The highest BCUT2D eigenvalue weighted by atomic mass is 35.5. The normalized spacial score (nSPS) is 22.4. The Balaban J connectivity index is 1.24. The molecule has 2 atom stereocenters. The van der Waals surface area contributed by atoms with Crippen molar-refractivity contribution in [1.29, 1.82) is 0 Å². The van der Waals surface area contributed by atoms with E-state index in [2.05, 4.69) is 24.7 Å². The van der Waals surface area contributed by atoms with Crippen LogP contribution in [-0.2, 0) is 10.2 Å². The van der Waals surface area contributed by atoms with Crippen LogP contribution in [0.25, 0.3) is 0 Å². The summed E-state index contributed by atoms with van der Waals surface area (Å²) in [6, 6.07) is 11.8. The molecule has 0 bridgehead atoms. The van der Waals surface area contributed by atoms with Gasteiger partial charge in [-0.3, -0.25) is 9.69 Å². The molecule has 0 radical (unpaired) electrons. The molecular formula is C25H22ClF2N3O4S. The molecule has 2 aliphatic heterocycles. The largest absolute Gasteiger partial charge is 0.586 e.